The van der Waals surface area contributed by atoms with Crippen molar-refractivity contribution in [1.82, 2.24) is 10.3 Å². The van der Waals surface area contributed by atoms with Crippen molar-refractivity contribution in [3.63, 3.8) is 0 Å². The number of nitrogens with zero attached hydrogens (tertiary/aromatic N) is 1. The lowest BCUT2D eigenvalue weighted by Gasteiger charge is -2.14. The van der Waals surface area contributed by atoms with E-state index in [1.165, 1.54) is 12.5 Å². The Balaban J connectivity index is 1.58. The molecule has 32 heavy (non-hydrogen) atoms. The highest BCUT2D eigenvalue weighted by molar-refractivity contribution is 5.97. The van der Waals surface area contributed by atoms with E-state index in [1.807, 2.05) is 19.2 Å². The average Bonchev–Trinajstić information content (AvgIpc) is 2.78. The van der Waals surface area contributed by atoms with E-state index >= 15 is 0 Å². The number of pyridine rings is 1. The van der Waals surface area contributed by atoms with Crippen molar-refractivity contribution in [2.24, 2.45) is 0 Å². The number of phenolic OH excluding ortho intramolecular Hbond substituents is 1. The molecule has 2 aromatic rings. The molecule has 0 atom stereocenters. The molecule has 2 N–H and O–H groups in total. The van der Waals surface area contributed by atoms with Crippen LogP contribution in [0.1, 0.15) is 80.3 Å². The number of aromatic hydroxyl groups is 1. The lowest BCUT2D eigenvalue weighted by atomic mass is 10.0. The summed E-state index contributed by atoms with van der Waals surface area (Å²) in [5, 5.41) is 13.4. The summed E-state index contributed by atoms with van der Waals surface area (Å²) in [6.07, 6.45) is 11.2. The number of ether oxygens (including phenoxy) is 1. The molecule has 174 valence electrons. The van der Waals surface area contributed by atoms with Gasteiger partial charge in [0.2, 0.25) is 5.91 Å². The lowest BCUT2D eigenvalue weighted by molar-refractivity contribution is -0.121. The zero-order valence-corrected chi connectivity index (χ0v) is 19.4. The van der Waals surface area contributed by atoms with Gasteiger partial charge in [0.25, 0.3) is 0 Å². The summed E-state index contributed by atoms with van der Waals surface area (Å²) in [6, 6.07) is 7.40. The van der Waals surface area contributed by atoms with Crippen LogP contribution in [0.2, 0.25) is 0 Å². The maximum absolute atomic E-state index is 12.0. The molecule has 1 heterocycles. The first-order valence-electron chi connectivity index (χ1n) is 11.7. The van der Waals surface area contributed by atoms with Crippen LogP contribution in [0.25, 0.3) is 0 Å². The monoisotopic (exact) mass is 440 g/mol. The maximum atomic E-state index is 12.0. The molecule has 2 rings (SSSR count). The zero-order chi connectivity index (χ0) is 23.2. The summed E-state index contributed by atoms with van der Waals surface area (Å²) >= 11 is 0. The first-order valence-corrected chi connectivity index (χ1v) is 11.7. The third-order valence-corrected chi connectivity index (χ3v) is 5.36. The Morgan fingerprint density at radius 2 is 1.91 bits per heavy atom. The molecular weight excluding hydrogens is 404 g/mol. The van der Waals surface area contributed by atoms with Crippen molar-refractivity contribution in [3.05, 3.63) is 53.3 Å². The van der Waals surface area contributed by atoms with Gasteiger partial charge in [0.1, 0.15) is 11.5 Å². The first kappa shape index (κ1) is 25.4. The molecule has 1 aromatic carbocycles. The summed E-state index contributed by atoms with van der Waals surface area (Å²) in [6.45, 7) is 4.70. The highest BCUT2D eigenvalue weighted by Gasteiger charge is 2.15. The van der Waals surface area contributed by atoms with Gasteiger partial charge in [-0.1, -0.05) is 19.4 Å². The SMILES string of the molecule is CCCc1c(OCCCCCC(=O)NCCCCc2cccnc2)ccc(C(C)=O)c1O. The van der Waals surface area contributed by atoms with Gasteiger partial charge in [-0.3, -0.25) is 14.6 Å². The van der Waals surface area contributed by atoms with Gasteiger partial charge in [0.05, 0.1) is 12.2 Å². The largest absolute Gasteiger partial charge is 0.507 e. The number of ketones is 1. The number of rotatable bonds is 15. The number of unbranched alkanes of at least 4 members (excludes halogenated alkanes) is 3. The number of amides is 1. The molecule has 0 radical (unpaired) electrons. The second-order valence-electron chi connectivity index (χ2n) is 8.07. The number of nitrogens with one attached hydrogen (secondary N) is 1. The number of phenols is 1. The van der Waals surface area contributed by atoms with E-state index in [1.54, 1.807) is 18.3 Å². The molecule has 0 unspecified atom stereocenters. The Kier molecular flexibility index (Phi) is 11.3. The normalized spacial score (nSPS) is 10.7. The molecule has 0 aliphatic carbocycles. The number of aromatic nitrogens is 1. The standard InChI is InChI=1S/C26H36N2O4/c1-3-10-23-24(15-14-22(20(2)29)26(23)31)32-18-8-4-5-13-25(30)28-17-7-6-11-21-12-9-16-27-19-21/h9,12,14-16,19,31H,3-8,10-11,13,17-18H2,1-2H3,(H,28,30). The van der Waals surface area contributed by atoms with Crippen LogP contribution in [0.5, 0.6) is 11.5 Å². The predicted octanol–water partition coefficient (Wildman–Crippen LogP) is 5.02. The van der Waals surface area contributed by atoms with E-state index in [0.717, 1.165) is 44.9 Å². The minimum atomic E-state index is -0.154. The van der Waals surface area contributed by atoms with Crippen LogP contribution >= 0.6 is 0 Å². The van der Waals surface area contributed by atoms with E-state index in [-0.39, 0.29) is 17.4 Å². The van der Waals surface area contributed by atoms with Gasteiger partial charge in [-0.05, 0) is 75.6 Å². The molecule has 6 nitrogen and oxygen atoms in total. The van der Waals surface area contributed by atoms with Crippen molar-refractivity contribution >= 4 is 11.7 Å². The Bertz CT molecular complexity index is 852. The highest BCUT2D eigenvalue weighted by Crippen LogP contribution is 2.33. The number of benzene rings is 1. The third-order valence-electron chi connectivity index (χ3n) is 5.36. The summed E-state index contributed by atoms with van der Waals surface area (Å²) in [7, 11) is 0. The molecule has 6 heteroatoms. The van der Waals surface area contributed by atoms with Crippen molar-refractivity contribution in [3.8, 4) is 11.5 Å². The van der Waals surface area contributed by atoms with Crippen LogP contribution in [0.4, 0.5) is 0 Å². The van der Waals surface area contributed by atoms with Crippen molar-refractivity contribution in [1.29, 1.82) is 0 Å². The number of carbonyl (C=O) groups excluding carboxylic acids is 2. The van der Waals surface area contributed by atoms with Crippen LogP contribution in [0, 0.1) is 0 Å². The second-order valence-corrected chi connectivity index (χ2v) is 8.07. The van der Waals surface area contributed by atoms with Gasteiger partial charge in [0.15, 0.2) is 5.78 Å². The molecule has 0 saturated carbocycles. The zero-order valence-electron chi connectivity index (χ0n) is 19.4. The second kappa shape index (κ2) is 14.2. The molecule has 0 fully saturated rings. The molecule has 1 amide bonds. The van der Waals surface area contributed by atoms with Gasteiger partial charge < -0.3 is 15.2 Å². The fourth-order valence-corrected chi connectivity index (χ4v) is 3.59. The van der Waals surface area contributed by atoms with Gasteiger partial charge in [-0.15, -0.1) is 0 Å². The molecule has 0 bridgehead atoms. The lowest BCUT2D eigenvalue weighted by Crippen LogP contribution is -2.24. The van der Waals surface area contributed by atoms with E-state index in [9.17, 15) is 14.7 Å². The summed E-state index contributed by atoms with van der Waals surface area (Å²) in [5.41, 5.74) is 2.26. The molecule has 0 spiro atoms. The Labute approximate surface area is 191 Å². The molecule has 0 saturated heterocycles. The number of aryl methyl sites for hydroxylation is 1. The number of hydrogen-bond acceptors (Lipinski definition) is 5. The van der Waals surface area contributed by atoms with Crippen molar-refractivity contribution in [2.75, 3.05) is 13.2 Å². The molecule has 1 aromatic heterocycles. The van der Waals surface area contributed by atoms with Crippen molar-refractivity contribution < 1.29 is 19.4 Å². The smallest absolute Gasteiger partial charge is 0.219 e. The van der Waals surface area contributed by atoms with Gasteiger partial charge >= 0.3 is 0 Å². The minimum absolute atomic E-state index is 0.0361. The van der Waals surface area contributed by atoms with Crippen LogP contribution < -0.4 is 10.1 Å². The van der Waals surface area contributed by atoms with Gasteiger partial charge in [0, 0.05) is 30.9 Å². The number of Topliss-reactive ketones (excluding diaryl/α,β-unsaturated/α-hetero) is 1. The summed E-state index contributed by atoms with van der Waals surface area (Å²) in [5.74, 6) is 0.618. The van der Waals surface area contributed by atoms with Gasteiger partial charge in [-0.25, -0.2) is 0 Å². The Morgan fingerprint density at radius 3 is 2.62 bits per heavy atom. The molecular formula is C26H36N2O4. The maximum Gasteiger partial charge on any atom is 0.219 e. The van der Waals surface area contributed by atoms with E-state index in [4.69, 9.17) is 4.74 Å². The fourth-order valence-electron chi connectivity index (χ4n) is 3.59. The van der Waals surface area contributed by atoms with Crippen LogP contribution in [0.3, 0.4) is 0 Å². The van der Waals surface area contributed by atoms with Crippen LogP contribution in [0.15, 0.2) is 36.7 Å². The summed E-state index contributed by atoms with van der Waals surface area (Å²) < 4.78 is 5.86. The highest BCUT2D eigenvalue weighted by atomic mass is 16.5. The Hall–Kier alpha value is -2.89. The van der Waals surface area contributed by atoms with Crippen LogP contribution in [-0.2, 0) is 17.6 Å². The number of hydrogen-bond donors (Lipinski definition) is 2. The van der Waals surface area contributed by atoms with E-state index in [0.29, 0.717) is 42.9 Å². The van der Waals surface area contributed by atoms with E-state index in [2.05, 4.69) is 16.4 Å². The fraction of sp³-hybridized carbons (Fsp3) is 0.500. The Morgan fingerprint density at radius 1 is 1.06 bits per heavy atom. The topological polar surface area (TPSA) is 88.5 Å². The van der Waals surface area contributed by atoms with Crippen LogP contribution in [-0.4, -0.2) is 34.9 Å². The molecule has 0 aliphatic heterocycles. The first-order chi connectivity index (χ1) is 15.5. The third kappa shape index (κ3) is 8.69. The predicted molar refractivity (Wildman–Crippen MR) is 126 cm³/mol. The average molecular weight is 441 g/mol. The summed E-state index contributed by atoms with van der Waals surface area (Å²) in [4.78, 5) is 27.7. The minimum Gasteiger partial charge on any atom is -0.507 e. The van der Waals surface area contributed by atoms with E-state index < -0.39 is 0 Å². The molecule has 0 aliphatic rings. The van der Waals surface area contributed by atoms with Gasteiger partial charge in [-0.2, -0.15) is 0 Å². The quantitative estimate of drug-likeness (QED) is 0.300. The van der Waals surface area contributed by atoms with Crippen molar-refractivity contribution in [2.45, 2.75) is 71.6 Å². The number of carbonyl (C=O) groups is 2.